The molecule has 2 aliphatic heterocycles. The molecule has 6 nitrogen and oxygen atoms in total. The van der Waals surface area contributed by atoms with E-state index in [1.54, 1.807) is 12.3 Å². The minimum absolute atomic E-state index is 0.426. The van der Waals surface area contributed by atoms with E-state index in [4.69, 9.17) is 5.26 Å². The van der Waals surface area contributed by atoms with Crippen molar-refractivity contribution in [1.29, 1.82) is 5.26 Å². The monoisotopic (exact) mass is 320 g/mol. The molecular formula is C18H20N6. The van der Waals surface area contributed by atoms with Gasteiger partial charge in [0, 0.05) is 32.0 Å². The van der Waals surface area contributed by atoms with Crippen molar-refractivity contribution in [2.24, 2.45) is 5.92 Å². The van der Waals surface area contributed by atoms with E-state index >= 15 is 0 Å². The van der Waals surface area contributed by atoms with Gasteiger partial charge in [-0.2, -0.15) is 5.26 Å². The number of hydrogen-bond acceptors (Lipinski definition) is 6. The maximum atomic E-state index is 9.14. The highest BCUT2D eigenvalue weighted by atomic mass is 15.3. The number of nitrogens with zero attached hydrogens (tertiary/aromatic N) is 6. The smallest absolute Gasteiger partial charge is 0.132 e. The molecule has 2 aromatic heterocycles. The lowest BCUT2D eigenvalue weighted by molar-refractivity contribution is 0.388. The molecule has 2 fully saturated rings. The van der Waals surface area contributed by atoms with Crippen LogP contribution in [0.4, 0.5) is 11.6 Å². The number of nitriles is 1. The molecule has 2 aromatic rings. The summed E-state index contributed by atoms with van der Waals surface area (Å²) in [6, 6.07) is 8.28. The normalized spacial score (nSPS) is 23.0. The summed E-state index contributed by atoms with van der Waals surface area (Å²) in [6.07, 6.45) is 5.92. The van der Waals surface area contributed by atoms with Crippen molar-refractivity contribution in [3.05, 3.63) is 42.0 Å². The van der Waals surface area contributed by atoms with Crippen LogP contribution in [0.25, 0.3) is 0 Å². The fraction of sp³-hybridized carbons (Fsp3) is 0.444. The van der Waals surface area contributed by atoms with Gasteiger partial charge in [-0.1, -0.05) is 0 Å². The van der Waals surface area contributed by atoms with Crippen LogP contribution in [0.5, 0.6) is 0 Å². The van der Waals surface area contributed by atoms with Crippen molar-refractivity contribution in [3.63, 3.8) is 0 Å². The van der Waals surface area contributed by atoms with E-state index in [1.165, 1.54) is 12.8 Å². The molecule has 0 amide bonds. The summed E-state index contributed by atoms with van der Waals surface area (Å²) in [4.78, 5) is 18.0. The van der Waals surface area contributed by atoms with E-state index in [2.05, 4.69) is 30.8 Å². The molecule has 4 rings (SSSR count). The van der Waals surface area contributed by atoms with Crippen molar-refractivity contribution in [2.75, 3.05) is 29.4 Å². The van der Waals surface area contributed by atoms with Crippen molar-refractivity contribution >= 4 is 11.6 Å². The summed E-state index contributed by atoms with van der Waals surface area (Å²) in [5, 5.41) is 9.14. The number of aromatic nitrogens is 3. The van der Waals surface area contributed by atoms with Gasteiger partial charge in [-0.3, -0.25) is 0 Å². The summed E-state index contributed by atoms with van der Waals surface area (Å²) in [5.41, 5.74) is 0.669. The highest BCUT2D eigenvalue weighted by molar-refractivity contribution is 5.49. The molecule has 2 aliphatic rings. The average molecular weight is 320 g/mol. The average Bonchev–Trinajstić information content (AvgIpc) is 3.05. The van der Waals surface area contributed by atoms with E-state index < -0.39 is 0 Å². The number of hydrogen-bond donors (Lipinski definition) is 0. The quantitative estimate of drug-likeness (QED) is 0.844. The van der Waals surface area contributed by atoms with Gasteiger partial charge in [0.25, 0.3) is 0 Å². The first kappa shape index (κ1) is 14.9. The molecule has 0 N–H and O–H groups in total. The molecular weight excluding hydrogens is 300 g/mol. The highest BCUT2D eigenvalue weighted by Crippen LogP contribution is 2.35. The Balaban J connectivity index is 1.58. The lowest BCUT2D eigenvalue weighted by atomic mass is 9.92. The maximum absolute atomic E-state index is 9.14. The fourth-order valence-corrected chi connectivity index (χ4v) is 3.90. The molecule has 0 aromatic carbocycles. The molecule has 0 radical (unpaired) electrons. The first-order chi connectivity index (χ1) is 11.7. The standard InChI is InChI=1S/C18H20N6/c1-13-20-7-3-17(22-13)23-8-4-15-5-9-24(16(15)12-23)18-10-14(11-19)2-6-21-18/h2-3,6-7,10,15-16H,4-5,8-9,12H2,1H3. The minimum atomic E-state index is 0.426. The van der Waals surface area contributed by atoms with Gasteiger partial charge in [-0.25, -0.2) is 15.0 Å². The Hall–Kier alpha value is -2.68. The number of rotatable bonds is 2. The van der Waals surface area contributed by atoms with Gasteiger partial charge in [0.05, 0.1) is 17.7 Å². The second-order valence-corrected chi connectivity index (χ2v) is 6.52. The molecule has 0 bridgehead atoms. The predicted molar refractivity (Wildman–Crippen MR) is 91.8 cm³/mol. The molecule has 4 heterocycles. The summed E-state index contributed by atoms with van der Waals surface area (Å²) in [5.74, 6) is 3.42. The third-order valence-corrected chi connectivity index (χ3v) is 5.12. The topological polar surface area (TPSA) is 68.9 Å². The molecule has 2 atom stereocenters. The number of anilines is 2. The van der Waals surface area contributed by atoms with Crippen LogP contribution in [0, 0.1) is 24.2 Å². The predicted octanol–water partition coefficient (Wildman–Crippen LogP) is 2.16. The second-order valence-electron chi connectivity index (χ2n) is 6.52. The molecule has 24 heavy (non-hydrogen) atoms. The van der Waals surface area contributed by atoms with Gasteiger partial charge in [0.2, 0.25) is 0 Å². The molecule has 122 valence electrons. The molecule has 2 saturated heterocycles. The Kier molecular flexibility index (Phi) is 3.77. The van der Waals surface area contributed by atoms with Crippen LogP contribution in [0.15, 0.2) is 30.6 Å². The molecule has 0 saturated carbocycles. The van der Waals surface area contributed by atoms with Gasteiger partial charge in [-0.05, 0) is 43.9 Å². The molecule has 0 aliphatic carbocycles. The van der Waals surface area contributed by atoms with E-state index in [0.717, 1.165) is 37.1 Å². The minimum Gasteiger partial charge on any atom is -0.354 e. The maximum Gasteiger partial charge on any atom is 0.132 e. The third-order valence-electron chi connectivity index (χ3n) is 5.12. The SMILES string of the molecule is Cc1nccc(N2CCC3CCN(c4cc(C#N)ccn4)C3C2)n1. The van der Waals surface area contributed by atoms with Crippen molar-refractivity contribution in [2.45, 2.75) is 25.8 Å². The Morgan fingerprint density at radius 1 is 1.12 bits per heavy atom. The van der Waals surface area contributed by atoms with Crippen LogP contribution >= 0.6 is 0 Å². The number of aryl methyl sites for hydroxylation is 1. The van der Waals surface area contributed by atoms with Crippen LogP contribution in [-0.2, 0) is 0 Å². The Morgan fingerprint density at radius 3 is 2.79 bits per heavy atom. The largest absolute Gasteiger partial charge is 0.354 e. The van der Waals surface area contributed by atoms with E-state index in [0.29, 0.717) is 17.5 Å². The second kappa shape index (κ2) is 6.08. The van der Waals surface area contributed by atoms with Crippen LogP contribution in [-0.4, -0.2) is 40.6 Å². The third kappa shape index (κ3) is 2.67. The van der Waals surface area contributed by atoms with Crippen LogP contribution < -0.4 is 9.80 Å². The fourth-order valence-electron chi connectivity index (χ4n) is 3.90. The zero-order chi connectivity index (χ0) is 16.5. The van der Waals surface area contributed by atoms with Crippen molar-refractivity contribution in [1.82, 2.24) is 15.0 Å². The van der Waals surface area contributed by atoms with Gasteiger partial charge >= 0.3 is 0 Å². The Bertz CT molecular complexity index is 783. The highest BCUT2D eigenvalue weighted by Gasteiger charge is 2.39. The van der Waals surface area contributed by atoms with Gasteiger partial charge in [0.1, 0.15) is 17.5 Å². The molecule has 0 spiro atoms. The van der Waals surface area contributed by atoms with Gasteiger partial charge in [-0.15, -0.1) is 0 Å². The summed E-state index contributed by atoms with van der Waals surface area (Å²) in [6.45, 7) is 4.92. The van der Waals surface area contributed by atoms with E-state index in [-0.39, 0.29) is 0 Å². The molecule has 6 heteroatoms. The number of pyridine rings is 1. The number of piperidine rings is 1. The zero-order valence-corrected chi connectivity index (χ0v) is 13.8. The van der Waals surface area contributed by atoms with Crippen LogP contribution in [0.3, 0.4) is 0 Å². The van der Waals surface area contributed by atoms with Crippen LogP contribution in [0.2, 0.25) is 0 Å². The lowest BCUT2D eigenvalue weighted by Crippen LogP contribution is -2.48. The van der Waals surface area contributed by atoms with Crippen LogP contribution in [0.1, 0.15) is 24.2 Å². The first-order valence-corrected chi connectivity index (χ1v) is 8.42. The van der Waals surface area contributed by atoms with E-state index in [1.807, 2.05) is 25.3 Å². The van der Waals surface area contributed by atoms with Crippen molar-refractivity contribution in [3.8, 4) is 6.07 Å². The molecule has 2 unspecified atom stereocenters. The lowest BCUT2D eigenvalue weighted by Gasteiger charge is -2.39. The number of fused-ring (bicyclic) bond motifs is 1. The first-order valence-electron chi connectivity index (χ1n) is 8.42. The summed E-state index contributed by atoms with van der Waals surface area (Å²) < 4.78 is 0. The van der Waals surface area contributed by atoms with Crippen molar-refractivity contribution < 1.29 is 0 Å². The zero-order valence-electron chi connectivity index (χ0n) is 13.8. The summed E-state index contributed by atoms with van der Waals surface area (Å²) in [7, 11) is 0. The van der Waals surface area contributed by atoms with Gasteiger partial charge < -0.3 is 9.80 Å². The van der Waals surface area contributed by atoms with E-state index in [9.17, 15) is 0 Å². The Morgan fingerprint density at radius 2 is 1.96 bits per heavy atom. The Labute approximate surface area is 141 Å². The summed E-state index contributed by atoms with van der Waals surface area (Å²) >= 11 is 0. The van der Waals surface area contributed by atoms with Gasteiger partial charge in [0.15, 0.2) is 0 Å².